The van der Waals surface area contributed by atoms with E-state index in [-0.39, 0.29) is 18.5 Å². The van der Waals surface area contributed by atoms with Crippen LogP contribution in [0.1, 0.15) is 51.7 Å². The molecule has 0 amide bonds. The molecule has 6 nitrogen and oxygen atoms in total. The molecule has 7 heteroatoms. The van der Waals surface area contributed by atoms with Gasteiger partial charge in [0, 0.05) is 22.8 Å². The Kier molecular flexibility index (Phi) is 5.06. The molecule has 0 spiro atoms. The third-order valence-electron chi connectivity index (χ3n) is 4.41. The summed E-state index contributed by atoms with van der Waals surface area (Å²) in [5.41, 5.74) is 2.06. The van der Waals surface area contributed by atoms with Crippen molar-refractivity contribution >= 4 is 17.3 Å². The Morgan fingerprint density at radius 3 is 2.96 bits per heavy atom. The number of hydrogen-bond donors (Lipinski definition) is 0. The first-order valence-corrected chi connectivity index (χ1v) is 9.63. The monoisotopic (exact) mass is 369 g/mol. The van der Waals surface area contributed by atoms with Gasteiger partial charge in [0.1, 0.15) is 4.88 Å². The highest BCUT2D eigenvalue weighted by Crippen LogP contribution is 2.29. The van der Waals surface area contributed by atoms with E-state index in [4.69, 9.17) is 9.26 Å². The molecule has 0 unspecified atom stereocenters. The van der Waals surface area contributed by atoms with Crippen molar-refractivity contribution in [3.63, 3.8) is 0 Å². The standard InChI is InChI=1S/C19H19N3O3S/c23-19(16-10-13-6-3-1-2-4-8-15(13)26-16)24-12-17-21-18(22-25-17)14-7-5-9-20-11-14/h5,7,9-11H,1-4,6,8,12H2. The highest BCUT2D eigenvalue weighted by atomic mass is 32.1. The van der Waals surface area contributed by atoms with Gasteiger partial charge in [0.05, 0.1) is 0 Å². The molecule has 0 fully saturated rings. The average molecular weight is 369 g/mol. The minimum absolute atomic E-state index is 0.0331. The van der Waals surface area contributed by atoms with E-state index < -0.39 is 0 Å². The van der Waals surface area contributed by atoms with Crippen LogP contribution in [0.25, 0.3) is 11.4 Å². The van der Waals surface area contributed by atoms with Crippen molar-refractivity contribution in [3.8, 4) is 11.4 Å². The Morgan fingerprint density at radius 2 is 2.12 bits per heavy atom. The fraction of sp³-hybridized carbons (Fsp3) is 0.368. The molecule has 0 radical (unpaired) electrons. The lowest BCUT2D eigenvalue weighted by Crippen LogP contribution is -2.03. The Hall–Kier alpha value is -2.54. The molecule has 0 N–H and O–H groups in total. The van der Waals surface area contributed by atoms with Gasteiger partial charge in [0.2, 0.25) is 5.82 Å². The maximum atomic E-state index is 12.4. The molecular formula is C19H19N3O3S. The van der Waals surface area contributed by atoms with Crippen molar-refractivity contribution in [2.45, 2.75) is 45.1 Å². The summed E-state index contributed by atoms with van der Waals surface area (Å²) in [7, 11) is 0. The first kappa shape index (κ1) is 16.9. The van der Waals surface area contributed by atoms with Gasteiger partial charge in [-0.1, -0.05) is 18.0 Å². The van der Waals surface area contributed by atoms with Gasteiger partial charge >= 0.3 is 5.97 Å². The normalized spacial score (nSPS) is 14.3. The average Bonchev–Trinajstić information content (AvgIpc) is 3.28. The molecule has 1 aliphatic carbocycles. The summed E-state index contributed by atoms with van der Waals surface area (Å²) in [5.74, 6) is 0.373. The van der Waals surface area contributed by atoms with E-state index >= 15 is 0 Å². The van der Waals surface area contributed by atoms with Crippen LogP contribution < -0.4 is 0 Å². The Labute approximate surface area is 155 Å². The second-order valence-electron chi connectivity index (χ2n) is 6.30. The number of aromatic nitrogens is 3. The minimum atomic E-state index is -0.331. The molecule has 3 aromatic rings. The summed E-state index contributed by atoms with van der Waals surface area (Å²) in [6.07, 6.45) is 10.4. The van der Waals surface area contributed by atoms with Crippen molar-refractivity contribution in [2.75, 3.05) is 0 Å². The summed E-state index contributed by atoms with van der Waals surface area (Å²) < 4.78 is 10.5. The van der Waals surface area contributed by atoms with E-state index in [1.165, 1.54) is 36.1 Å². The van der Waals surface area contributed by atoms with Crippen LogP contribution in [0.4, 0.5) is 0 Å². The molecule has 0 saturated carbocycles. The number of rotatable bonds is 4. The van der Waals surface area contributed by atoms with Gasteiger partial charge in [-0.25, -0.2) is 4.79 Å². The summed E-state index contributed by atoms with van der Waals surface area (Å²) >= 11 is 1.55. The molecule has 0 aliphatic heterocycles. The highest BCUT2D eigenvalue weighted by Gasteiger charge is 2.18. The van der Waals surface area contributed by atoms with E-state index in [0.29, 0.717) is 10.7 Å². The summed E-state index contributed by atoms with van der Waals surface area (Å²) in [5, 5.41) is 3.90. The van der Waals surface area contributed by atoms with Crippen LogP contribution in [0.15, 0.2) is 35.1 Å². The molecule has 134 valence electrons. The van der Waals surface area contributed by atoms with E-state index in [1.54, 1.807) is 29.8 Å². The third kappa shape index (κ3) is 3.83. The molecule has 3 heterocycles. The maximum absolute atomic E-state index is 12.4. The summed E-state index contributed by atoms with van der Waals surface area (Å²) in [6, 6.07) is 5.63. The highest BCUT2D eigenvalue weighted by molar-refractivity contribution is 7.14. The van der Waals surface area contributed by atoms with E-state index in [1.807, 2.05) is 12.1 Å². The van der Waals surface area contributed by atoms with E-state index in [0.717, 1.165) is 18.4 Å². The van der Waals surface area contributed by atoms with Crippen molar-refractivity contribution in [2.24, 2.45) is 0 Å². The van der Waals surface area contributed by atoms with Gasteiger partial charge in [-0.15, -0.1) is 11.3 Å². The van der Waals surface area contributed by atoms with E-state index in [2.05, 4.69) is 15.1 Å². The minimum Gasteiger partial charge on any atom is -0.451 e. The van der Waals surface area contributed by atoms with Gasteiger partial charge in [0.25, 0.3) is 5.89 Å². The number of aryl methyl sites for hydroxylation is 2. The molecule has 0 saturated heterocycles. The lowest BCUT2D eigenvalue weighted by atomic mass is 10.00. The van der Waals surface area contributed by atoms with Crippen molar-refractivity contribution in [1.82, 2.24) is 15.1 Å². The number of fused-ring (bicyclic) bond motifs is 1. The van der Waals surface area contributed by atoms with Crippen LogP contribution in [-0.2, 0) is 24.2 Å². The number of thiophene rings is 1. The molecule has 4 rings (SSSR count). The smallest absolute Gasteiger partial charge is 0.348 e. The number of pyridine rings is 1. The zero-order valence-electron chi connectivity index (χ0n) is 14.3. The predicted molar refractivity (Wildman–Crippen MR) is 96.8 cm³/mol. The lowest BCUT2D eigenvalue weighted by Gasteiger charge is -2.07. The molecule has 1 aliphatic rings. The number of carbonyl (C=O) groups is 1. The zero-order chi connectivity index (χ0) is 17.8. The summed E-state index contributed by atoms with van der Waals surface area (Å²) in [6.45, 7) is -0.0331. The zero-order valence-corrected chi connectivity index (χ0v) is 15.1. The fourth-order valence-corrected chi connectivity index (χ4v) is 4.22. The topological polar surface area (TPSA) is 78.1 Å². The maximum Gasteiger partial charge on any atom is 0.348 e. The second kappa shape index (κ2) is 7.78. The van der Waals surface area contributed by atoms with Crippen LogP contribution in [0, 0.1) is 0 Å². The molecule has 3 aromatic heterocycles. The second-order valence-corrected chi connectivity index (χ2v) is 7.44. The molecule has 0 bridgehead atoms. The van der Waals surface area contributed by atoms with Gasteiger partial charge in [-0.2, -0.15) is 4.98 Å². The number of hydrogen-bond acceptors (Lipinski definition) is 7. The van der Waals surface area contributed by atoms with E-state index in [9.17, 15) is 4.79 Å². The van der Waals surface area contributed by atoms with Crippen molar-refractivity contribution < 1.29 is 14.1 Å². The van der Waals surface area contributed by atoms with Crippen LogP contribution in [-0.4, -0.2) is 21.1 Å². The Bertz CT molecular complexity index is 863. The van der Waals surface area contributed by atoms with Crippen molar-refractivity contribution in [1.29, 1.82) is 0 Å². The number of ether oxygens (including phenoxy) is 1. The molecular weight excluding hydrogens is 350 g/mol. The lowest BCUT2D eigenvalue weighted by molar-refractivity contribution is 0.0435. The van der Waals surface area contributed by atoms with Crippen LogP contribution in [0.3, 0.4) is 0 Å². The largest absolute Gasteiger partial charge is 0.451 e. The Balaban J connectivity index is 1.40. The fourth-order valence-electron chi connectivity index (χ4n) is 3.07. The van der Waals surface area contributed by atoms with Crippen LogP contribution in [0.5, 0.6) is 0 Å². The van der Waals surface area contributed by atoms with Gasteiger partial charge in [-0.05, 0) is 49.4 Å². The number of nitrogens with zero attached hydrogens (tertiary/aromatic N) is 3. The molecule has 0 atom stereocenters. The van der Waals surface area contributed by atoms with Gasteiger partial charge < -0.3 is 9.26 Å². The molecule has 0 aromatic carbocycles. The van der Waals surface area contributed by atoms with Crippen LogP contribution in [0.2, 0.25) is 0 Å². The van der Waals surface area contributed by atoms with Crippen LogP contribution >= 0.6 is 11.3 Å². The first-order chi connectivity index (χ1) is 12.8. The van der Waals surface area contributed by atoms with Crippen molar-refractivity contribution in [3.05, 3.63) is 51.8 Å². The summed E-state index contributed by atoms with van der Waals surface area (Å²) in [4.78, 5) is 22.6. The third-order valence-corrected chi connectivity index (χ3v) is 5.63. The van der Waals surface area contributed by atoms with Gasteiger partial charge in [-0.3, -0.25) is 4.98 Å². The Morgan fingerprint density at radius 1 is 1.23 bits per heavy atom. The van der Waals surface area contributed by atoms with Gasteiger partial charge in [0.15, 0.2) is 6.61 Å². The first-order valence-electron chi connectivity index (χ1n) is 8.81. The SMILES string of the molecule is O=C(OCc1nc(-c2cccnc2)no1)c1cc2c(s1)CCCCCC2. The number of esters is 1. The molecule has 26 heavy (non-hydrogen) atoms. The predicted octanol–water partition coefficient (Wildman–Crippen LogP) is 4.21. The number of carbonyl (C=O) groups excluding carboxylic acids is 1. The quantitative estimate of drug-likeness (QED) is 0.641.